The number of carbonyl (C=O) groups excluding carboxylic acids is 1. The number of halogens is 1. The fraction of sp³-hybridized carbons (Fsp3) is 0. The zero-order chi connectivity index (χ0) is 20.1. The van der Waals surface area contributed by atoms with Gasteiger partial charge < -0.3 is 15.4 Å². The number of benzene rings is 2. The van der Waals surface area contributed by atoms with Crippen LogP contribution in [0, 0.1) is 5.82 Å². The van der Waals surface area contributed by atoms with Gasteiger partial charge in [0.2, 0.25) is 5.88 Å². The number of ether oxygens (including phenoxy) is 1. The minimum atomic E-state index is -0.552. The van der Waals surface area contributed by atoms with Crippen molar-refractivity contribution in [3.05, 3.63) is 85.2 Å². The summed E-state index contributed by atoms with van der Waals surface area (Å²) in [6.45, 7) is 0. The minimum absolute atomic E-state index is 0.0988. The molecule has 29 heavy (non-hydrogen) atoms. The highest BCUT2D eigenvalue weighted by molar-refractivity contribution is 5.99. The first-order valence-electron chi connectivity index (χ1n) is 8.60. The van der Waals surface area contributed by atoms with E-state index >= 15 is 0 Å². The second-order valence-electron chi connectivity index (χ2n) is 5.85. The maximum atomic E-state index is 13.6. The number of urea groups is 1. The number of aromatic nitrogens is 4. The molecule has 0 unspecified atom stereocenters. The van der Waals surface area contributed by atoms with Gasteiger partial charge in [0.05, 0.1) is 5.69 Å². The summed E-state index contributed by atoms with van der Waals surface area (Å²) < 4.78 is 20.9. The molecule has 2 amide bonds. The largest absolute Gasteiger partial charge is 0.439 e. The van der Waals surface area contributed by atoms with Gasteiger partial charge in [-0.25, -0.2) is 23.8 Å². The Kier molecular flexibility index (Phi) is 5.10. The van der Waals surface area contributed by atoms with E-state index in [2.05, 4.69) is 25.7 Å². The van der Waals surface area contributed by atoms with Crippen molar-refractivity contribution in [2.45, 2.75) is 0 Å². The molecule has 2 aromatic heterocycles. The molecule has 2 heterocycles. The van der Waals surface area contributed by atoms with Crippen LogP contribution in [0.1, 0.15) is 0 Å². The molecule has 144 valence electrons. The topological polar surface area (TPSA) is 94.0 Å². The van der Waals surface area contributed by atoms with Crippen molar-refractivity contribution in [3.63, 3.8) is 0 Å². The quantitative estimate of drug-likeness (QED) is 0.532. The first kappa shape index (κ1) is 18.1. The summed E-state index contributed by atoms with van der Waals surface area (Å²) in [5.74, 6) is 0.938. The lowest BCUT2D eigenvalue weighted by molar-refractivity contribution is 0.262. The maximum Gasteiger partial charge on any atom is 0.323 e. The van der Waals surface area contributed by atoms with Gasteiger partial charge in [0.15, 0.2) is 5.82 Å². The van der Waals surface area contributed by atoms with Crippen molar-refractivity contribution in [2.24, 2.45) is 0 Å². The van der Waals surface area contributed by atoms with Gasteiger partial charge in [-0.2, -0.15) is 5.10 Å². The smallest absolute Gasteiger partial charge is 0.323 e. The van der Waals surface area contributed by atoms with Gasteiger partial charge in [0.1, 0.15) is 17.9 Å². The lowest BCUT2D eigenvalue weighted by Crippen LogP contribution is -2.20. The van der Waals surface area contributed by atoms with E-state index in [1.807, 2.05) is 0 Å². The van der Waals surface area contributed by atoms with Crippen LogP contribution in [0.3, 0.4) is 0 Å². The molecule has 0 saturated heterocycles. The number of nitrogens with zero attached hydrogens (tertiary/aromatic N) is 4. The Labute approximate surface area is 165 Å². The van der Waals surface area contributed by atoms with Gasteiger partial charge >= 0.3 is 6.03 Å². The Morgan fingerprint density at radius 2 is 1.83 bits per heavy atom. The Bertz CT molecular complexity index is 1120. The summed E-state index contributed by atoms with van der Waals surface area (Å²) in [6, 6.07) is 15.5. The fourth-order valence-electron chi connectivity index (χ4n) is 2.49. The predicted molar refractivity (Wildman–Crippen MR) is 105 cm³/mol. The van der Waals surface area contributed by atoms with E-state index in [4.69, 9.17) is 4.74 Å². The van der Waals surface area contributed by atoms with Crippen LogP contribution in [0.4, 0.5) is 20.6 Å². The standard InChI is InChI=1S/C20H15FN6O2/c21-16-4-1-2-5-17(16)26-20(28)25-14-6-8-15(9-7-14)29-19-12-18(22-13-23-19)27-11-3-10-24-27/h1-13H,(H2,25,26,28). The summed E-state index contributed by atoms with van der Waals surface area (Å²) in [7, 11) is 0. The SMILES string of the molecule is O=C(Nc1ccc(Oc2cc(-n3cccn3)ncn2)cc1)Nc1ccccc1F. The van der Waals surface area contributed by atoms with Crippen molar-refractivity contribution < 1.29 is 13.9 Å². The number of hydrogen-bond acceptors (Lipinski definition) is 5. The minimum Gasteiger partial charge on any atom is -0.439 e. The van der Waals surface area contributed by atoms with Crippen LogP contribution in [-0.2, 0) is 0 Å². The number of carbonyl (C=O) groups is 1. The Balaban J connectivity index is 1.39. The molecule has 0 atom stereocenters. The van der Waals surface area contributed by atoms with Crippen LogP contribution in [0.15, 0.2) is 79.4 Å². The van der Waals surface area contributed by atoms with Crippen LogP contribution in [0.2, 0.25) is 0 Å². The first-order chi connectivity index (χ1) is 14.2. The van der Waals surface area contributed by atoms with Crippen molar-refractivity contribution >= 4 is 17.4 Å². The van der Waals surface area contributed by atoms with E-state index in [0.29, 0.717) is 23.1 Å². The highest BCUT2D eigenvalue weighted by atomic mass is 19.1. The number of anilines is 2. The molecule has 0 aliphatic carbocycles. The van der Waals surface area contributed by atoms with Crippen molar-refractivity contribution in [1.29, 1.82) is 0 Å². The second-order valence-corrected chi connectivity index (χ2v) is 5.85. The lowest BCUT2D eigenvalue weighted by Gasteiger charge is -2.09. The molecule has 8 nitrogen and oxygen atoms in total. The molecule has 0 saturated carbocycles. The van der Waals surface area contributed by atoms with Crippen LogP contribution >= 0.6 is 0 Å². The van der Waals surface area contributed by atoms with E-state index < -0.39 is 11.8 Å². The lowest BCUT2D eigenvalue weighted by atomic mass is 10.3. The molecule has 9 heteroatoms. The fourth-order valence-corrected chi connectivity index (χ4v) is 2.49. The molecule has 0 fully saturated rings. The number of para-hydroxylation sites is 1. The molecule has 2 aromatic carbocycles. The van der Waals surface area contributed by atoms with Gasteiger partial charge in [-0.1, -0.05) is 12.1 Å². The highest BCUT2D eigenvalue weighted by Crippen LogP contribution is 2.22. The summed E-state index contributed by atoms with van der Waals surface area (Å²) in [5, 5.41) is 9.19. The zero-order valence-electron chi connectivity index (χ0n) is 15.0. The Morgan fingerprint density at radius 3 is 2.59 bits per heavy atom. The molecule has 0 bridgehead atoms. The molecule has 4 rings (SSSR count). The summed E-state index contributed by atoms with van der Waals surface area (Å²) in [5.41, 5.74) is 0.618. The Morgan fingerprint density at radius 1 is 1.00 bits per heavy atom. The van der Waals surface area contributed by atoms with E-state index in [1.54, 1.807) is 65.6 Å². The molecule has 0 spiro atoms. The third kappa shape index (κ3) is 4.53. The summed E-state index contributed by atoms with van der Waals surface area (Å²) in [4.78, 5) is 20.2. The van der Waals surface area contributed by atoms with Crippen LogP contribution in [-0.4, -0.2) is 25.8 Å². The van der Waals surface area contributed by atoms with Crippen LogP contribution < -0.4 is 15.4 Å². The van der Waals surface area contributed by atoms with Gasteiger partial charge in [-0.15, -0.1) is 0 Å². The number of amides is 2. The van der Waals surface area contributed by atoms with Crippen molar-refractivity contribution in [3.8, 4) is 17.4 Å². The van der Waals surface area contributed by atoms with E-state index in [1.165, 1.54) is 18.5 Å². The average Bonchev–Trinajstić information content (AvgIpc) is 3.26. The van der Waals surface area contributed by atoms with Crippen molar-refractivity contribution in [2.75, 3.05) is 10.6 Å². The first-order valence-corrected chi connectivity index (χ1v) is 8.60. The molecule has 0 aliphatic rings. The van der Waals surface area contributed by atoms with Crippen LogP contribution in [0.5, 0.6) is 11.6 Å². The van der Waals surface area contributed by atoms with Gasteiger partial charge in [-0.05, 0) is 42.5 Å². The third-order valence-electron chi connectivity index (χ3n) is 3.82. The predicted octanol–water partition coefficient (Wildman–Crippen LogP) is 4.24. The van der Waals surface area contributed by atoms with Gasteiger partial charge in [0.25, 0.3) is 0 Å². The summed E-state index contributed by atoms with van der Waals surface area (Å²) >= 11 is 0. The maximum absolute atomic E-state index is 13.6. The molecule has 2 N–H and O–H groups in total. The molecular formula is C20H15FN6O2. The van der Waals surface area contributed by atoms with Crippen molar-refractivity contribution in [1.82, 2.24) is 19.7 Å². The molecule has 0 aliphatic heterocycles. The van der Waals surface area contributed by atoms with Crippen LogP contribution in [0.25, 0.3) is 5.82 Å². The molecule has 4 aromatic rings. The Hall–Kier alpha value is -4.27. The van der Waals surface area contributed by atoms with Gasteiger partial charge in [0, 0.05) is 24.1 Å². The van der Waals surface area contributed by atoms with Gasteiger partial charge in [-0.3, -0.25) is 0 Å². The normalized spacial score (nSPS) is 10.4. The van der Waals surface area contributed by atoms with E-state index in [9.17, 15) is 9.18 Å². The zero-order valence-corrected chi connectivity index (χ0v) is 15.0. The number of nitrogens with one attached hydrogen (secondary N) is 2. The average molecular weight is 390 g/mol. The highest BCUT2D eigenvalue weighted by Gasteiger charge is 2.07. The number of hydrogen-bond donors (Lipinski definition) is 2. The second kappa shape index (κ2) is 8.17. The third-order valence-corrected chi connectivity index (χ3v) is 3.82. The monoisotopic (exact) mass is 390 g/mol. The molecular weight excluding hydrogens is 375 g/mol. The van der Waals surface area contributed by atoms with E-state index in [-0.39, 0.29) is 5.69 Å². The molecule has 0 radical (unpaired) electrons. The van der Waals surface area contributed by atoms with E-state index in [0.717, 1.165) is 0 Å². The number of rotatable bonds is 5. The summed E-state index contributed by atoms with van der Waals surface area (Å²) in [6.07, 6.45) is 4.80.